The van der Waals surface area contributed by atoms with Crippen LogP contribution < -0.4 is 5.32 Å². The number of aromatic nitrogens is 1. The smallest absolute Gasteiger partial charge is 0.0686 e. The van der Waals surface area contributed by atoms with Crippen molar-refractivity contribution in [3.05, 3.63) is 29.6 Å². The second kappa shape index (κ2) is 5.82. The molecule has 0 radical (unpaired) electrons. The van der Waals surface area contributed by atoms with Crippen LogP contribution in [0.15, 0.2) is 18.3 Å². The maximum Gasteiger partial charge on any atom is 0.0686 e. The Labute approximate surface area is 122 Å². The molecule has 0 aromatic carbocycles. The molecule has 2 heterocycles. The van der Waals surface area contributed by atoms with E-state index in [9.17, 15) is 0 Å². The highest BCUT2D eigenvalue weighted by molar-refractivity contribution is 5.21. The van der Waals surface area contributed by atoms with Crippen LogP contribution in [0.25, 0.3) is 0 Å². The first kappa shape index (κ1) is 14.0. The number of aryl methyl sites for hydroxylation is 1. The summed E-state index contributed by atoms with van der Waals surface area (Å²) < 4.78 is 6.08. The molecule has 2 fully saturated rings. The average Bonchev–Trinajstić information content (AvgIpc) is 2.43. The summed E-state index contributed by atoms with van der Waals surface area (Å²) >= 11 is 0. The monoisotopic (exact) mass is 274 g/mol. The van der Waals surface area contributed by atoms with Crippen LogP contribution in [-0.2, 0) is 4.74 Å². The lowest BCUT2D eigenvalue weighted by Gasteiger charge is -2.49. The van der Waals surface area contributed by atoms with E-state index in [0.717, 1.165) is 18.8 Å². The van der Waals surface area contributed by atoms with Crippen LogP contribution in [0.1, 0.15) is 56.3 Å². The quantitative estimate of drug-likeness (QED) is 0.914. The Balaban J connectivity index is 1.79. The fourth-order valence-electron chi connectivity index (χ4n) is 3.81. The van der Waals surface area contributed by atoms with Gasteiger partial charge in [-0.1, -0.05) is 6.92 Å². The third-order valence-corrected chi connectivity index (χ3v) is 4.97. The predicted octanol–water partition coefficient (Wildman–Crippen LogP) is 3.39. The van der Waals surface area contributed by atoms with Crippen LogP contribution in [0, 0.1) is 12.8 Å². The molecule has 1 saturated heterocycles. The first-order valence-corrected chi connectivity index (χ1v) is 8.02. The maximum absolute atomic E-state index is 6.08. The molecule has 1 aliphatic carbocycles. The van der Waals surface area contributed by atoms with Crippen LogP contribution in [0.2, 0.25) is 0 Å². The normalized spacial score (nSPS) is 26.2. The molecule has 110 valence electrons. The third kappa shape index (κ3) is 2.75. The van der Waals surface area contributed by atoms with Crippen molar-refractivity contribution in [2.75, 3.05) is 13.2 Å². The van der Waals surface area contributed by atoms with Gasteiger partial charge < -0.3 is 10.1 Å². The topological polar surface area (TPSA) is 34.2 Å². The second-order valence-corrected chi connectivity index (χ2v) is 6.40. The SMILES string of the molecule is CCNC(c1ccnc(C)c1)C1CCOC2(CCC2)C1. The Morgan fingerprint density at radius 1 is 1.50 bits per heavy atom. The third-order valence-electron chi connectivity index (χ3n) is 4.97. The molecule has 3 nitrogen and oxygen atoms in total. The van der Waals surface area contributed by atoms with Gasteiger partial charge in [-0.3, -0.25) is 4.98 Å². The van der Waals surface area contributed by atoms with Gasteiger partial charge in [-0.25, -0.2) is 0 Å². The number of pyridine rings is 1. The number of hydrogen-bond acceptors (Lipinski definition) is 3. The van der Waals surface area contributed by atoms with E-state index in [-0.39, 0.29) is 5.60 Å². The molecule has 2 atom stereocenters. The maximum atomic E-state index is 6.08. The molecule has 1 saturated carbocycles. The number of nitrogens with one attached hydrogen (secondary N) is 1. The molecule has 1 aliphatic heterocycles. The summed E-state index contributed by atoms with van der Waals surface area (Å²) in [4.78, 5) is 4.33. The lowest BCUT2D eigenvalue weighted by atomic mass is 9.69. The largest absolute Gasteiger partial charge is 0.375 e. The van der Waals surface area contributed by atoms with Crippen LogP contribution in [-0.4, -0.2) is 23.7 Å². The molecule has 2 unspecified atom stereocenters. The summed E-state index contributed by atoms with van der Waals surface area (Å²) in [6, 6.07) is 4.85. The molecular formula is C17H26N2O. The molecule has 3 rings (SSSR count). The molecule has 1 aromatic heterocycles. The Hall–Kier alpha value is -0.930. The molecule has 1 N–H and O–H groups in total. The minimum absolute atomic E-state index is 0.221. The van der Waals surface area contributed by atoms with E-state index in [1.807, 2.05) is 6.20 Å². The molecule has 3 heteroatoms. The average molecular weight is 274 g/mol. The lowest BCUT2D eigenvalue weighted by Crippen LogP contribution is -2.48. The summed E-state index contributed by atoms with van der Waals surface area (Å²) in [5.41, 5.74) is 2.72. The molecule has 0 amide bonds. The summed E-state index contributed by atoms with van der Waals surface area (Å²) in [6.45, 7) is 6.20. The van der Waals surface area contributed by atoms with E-state index < -0.39 is 0 Å². The van der Waals surface area contributed by atoms with Crippen molar-refractivity contribution in [3.8, 4) is 0 Å². The van der Waals surface area contributed by atoms with Crippen molar-refractivity contribution in [1.29, 1.82) is 0 Å². The zero-order valence-electron chi connectivity index (χ0n) is 12.7. The van der Waals surface area contributed by atoms with Crippen molar-refractivity contribution < 1.29 is 4.74 Å². The summed E-state index contributed by atoms with van der Waals surface area (Å²) in [7, 11) is 0. The Morgan fingerprint density at radius 2 is 2.35 bits per heavy atom. The summed E-state index contributed by atoms with van der Waals surface area (Å²) in [5, 5.41) is 3.70. The zero-order chi connectivity index (χ0) is 14.0. The van der Waals surface area contributed by atoms with Crippen LogP contribution >= 0.6 is 0 Å². The summed E-state index contributed by atoms with van der Waals surface area (Å²) in [5.74, 6) is 0.686. The summed E-state index contributed by atoms with van der Waals surface area (Å²) in [6.07, 6.45) is 8.18. The fourth-order valence-corrected chi connectivity index (χ4v) is 3.81. The minimum atomic E-state index is 0.221. The van der Waals surface area contributed by atoms with Gasteiger partial charge in [0, 0.05) is 24.5 Å². The molecule has 1 aromatic rings. The van der Waals surface area contributed by atoms with Gasteiger partial charge in [0.05, 0.1) is 5.60 Å². The van der Waals surface area contributed by atoms with Gasteiger partial charge in [0.15, 0.2) is 0 Å². The number of ether oxygens (including phenoxy) is 1. The van der Waals surface area contributed by atoms with Crippen molar-refractivity contribution in [2.24, 2.45) is 5.92 Å². The highest BCUT2D eigenvalue weighted by atomic mass is 16.5. The van der Waals surface area contributed by atoms with Gasteiger partial charge in [0.2, 0.25) is 0 Å². The van der Waals surface area contributed by atoms with Gasteiger partial charge in [-0.2, -0.15) is 0 Å². The van der Waals surface area contributed by atoms with Crippen LogP contribution in [0.3, 0.4) is 0 Å². The zero-order valence-corrected chi connectivity index (χ0v) is 12.7. The first-order valence-electron chi connectivity index (χ1n) is 8.02. The Bertz CT molecular complexity index is 456. The molecule has 1 spiro atoms. The minimum Gasteiger partial charge on any atom is -0.375 e. The van der Waals surface area contributed by atoms with Crippen molar-refractivity contribution in [3.63, 3.8) is 0 Å². The van der Waals surface area contributed by atoms with Crippen LogP contribution in [0.5, 0.6) is 0 Å². The van der Waals surface area contributed by atoms with Gasteiger partial charge in [-0.05, 0) is 69.2 Å². The molecule has 2 aliphatic rings. The number of nitrogens with zero attached hydrogens (tertiary/aromatic N) is 1. The van der Waals surface area contributed by atoms with Crippen molar-refractivity contribution in [1.82, 2.24) is 10.3 Å². The van der Waals surface area contributed by atoms with Gasteiger partial charge in [0.25, 0.3) is 0 Å². The Morgan fingerprint density at radius 3 is 3.00 bits per heavy atom. The van der Waals surface area contributed by atoms with E-state index in [4.69, 9.17) is 4.74 Å². The number of hydrogen-bond donors (Lipinski definition) is 1. The number of rotatable bonds is 4. The van der Waals surface area contributed by atoms with Gasteiger partial charge in [0.1, 0.15) is 0 Å². The molecule has 20 heavy (non-hydrogen) atoms. The van der Waals surface area contributed by atoms with Gasteiger partial charge >= 0.3 is 0 Å². The van der Waals surface area contributed by atoms with E-state index in [2.05, 4.69) is 36.3 Å². The molecular weight excluding hydrogens is 248 g/mol. The van der Waals surface area contributed by atoms with Crippen molar-refractivity contribution in [2.45, 2.75) is 57.6 Å². The highest BCUT2D eigenvalue weighted by Gasteiger charge is 2.44. The van der Waals surface area contributed by atoms with Crippen LogP contribution in [0.4, 0.5) is 0 Å². The molecule has 0 bridgehead atoms. The van der Waals surface area contributed by atoms with E-state index in [1.165, 1.54) is 37.7 Å². The van der Waals surface area contributed by atoms with E-state index in [1.54, 1.807) is 0 Å². The van der Waals surface area contributed by atoms with Crippen molar-refractivity contribution >= 4 is 0 Å². The Kier molecular flexibility index (Phi) is 4.08. The van der Waals surface area contributed by atoms with E-state index in [0.29, 0.717) is 12.0 Å². The first-order chi connectivity index (χ1) is 9.72. The predicted molar refractivity (Wildman–Crippen MR) is 80.6 cm³/mol. The van der Waals surface area contributed by atoms with E-state index >= 15 is 0 Å². The highest BCUT2D eigenvalue weighted by Crippen LogP contribution is 2.47. The second-order valence-electron chi connectivity index (χ2n) is 6.40. The lowest BCUT2D eigenvalue weighted by molar-refractivity contribution is -0.147. The standard InChI is InChI=1S/C17H26N2O/c1-3-18-16(14-5-9-19-13(2)11-14)15-6-10-20-17(12-15)7-4-8-17/h5,9,11,15-16,18H,3-4,6-8,10,12H2,1-2H3. The fraction of sp³-hybridized carbons (Fsp3) is 0.706. The van der Waals surface area contributed by atoms with Gasteiger partial charge in [-0.15, -0.1) is 0 Å².